The molecule has 6 rings (SSSR count). The van der Waals surface area contributed by atoms with Gasteiger partial charge < -0.3 is 24.6 Å². The van der Waals surface area contributed by atoms with Crippen molar-refractivity contribution >= 4 is 40.3 Å². The fourth-order valence-corrected chi connectivity index (χ4v) is 4.58. The third kappa shape index (κ3) is 4.88. The molecular weight excluding hydrogens is 468 g/mol. The molecule has 0 spiro atoms. The average Bonchev–Trinajstić information content (AvgIpc) is 3.41. The van der Waals surface area contributed by atoms with E-state index < -0.39 is 0 Å². The van der Waals surface area contributed by atoms with Gasteiger partial charge in [-0.2, -0.15) is 0 Å². The number of hydrogen-bond acceptors (Lipinski definition) is 8. The molecule has 4 heterocycles. The number of rotatable bonds is 5. The Morgan fingerprint density at radius 2 is 1.73 bits per heavy atom. The van der Waals surface area contributed by atoms with Crippen LogP contribution in [0.15, 0.2) is 67.0 Å². The summed E-state index contributed by atoms with van der Waals surface area (Å²) in [6.45, 7) is 5.68. The van der Waals surface area contributed by atoms with Crippen molar-refractivity contribution in [2.75, 3.05) is 48.1 Å². The molecule has 186 valence electrons. The van der Waals surface area contributed by atoms with Gasteiger partial charge in [-0.15, -0.1) is 0 Å². The van der Waals surface area contributed by atoms with Gasteiger partial charge in [-0.1, -0.05) is 6.07 Å². The number of nitrogens with zero attached hydrogens (tertiary/aromatic N) is 5. The van der Waals surface area contributed by atoms with E-state index in [1.807, 2.05) is 42.5 Å². The van der Waals surface area contributed by atoms with Crippen LogP contribution in [0.2, 0.25) is 0 Å². The third-order valence-corrected chi connectivity index (χ3v) is 6.53. The zero-order chi connectivity index (χ0) is 25.2. The topological polar surface area (TPSA) is 92.7 Å². The number of carbonyl (C=O) groups excluding carboxylic acids is 1. The van der Waals surface area contributed by atoms with Crippen molar-refractivity contribution in [2.45, 2.75) is 6.92 Å². The molecule has 9 heteroatoms. The van der Waals surface area contributed by atoms with Crippen LogP contribution >= 0.6 is 0 Å². The molecule has 2 aromatic heterocycles. The second-order valence-electron chi connectivity index (χ2n) is 8.99. The Kier molecular flexibility index (Phi) is 6.02. The van der Waals surface area contributed by atoms with Crippen molar-refractivity contribution in [1.82, 2.24) is 15.0 Å². The maximum atomic E-state index is 12.5. The van der Waals surface area contributed by atoms with Crippen LogP contribution in [0.4, 0.5) is 17.5 Å². The van der Waals surface area contributed by atoms with Gasteiger partial charge in [0.25, 0.3) is 0 Å². The molecule has 4 aromatic rings. The van der Waals surface area contributed by atoms with Gasteiger partial charge in [0.2, 0.25) is 18.6 Å². The number of aromatic nitrogens is 3. The predicted molar refractivity (Wildman–Crippen MR) is 143 cm³/mol. The quantitative estimate of drug-likeness (QED) is 0.416. The highest BCUT2D eigenvalue weighted by molar-refractivity contribution is 6.03. The van der Waals surface area contributed by atoms with Gasteiger partial charge >= 0.3 is 0 Å². The van der Waals surface area contributed by atoms with Crippen molar-refractivity contribution in [3.63, 3.8) is 0 Å². The van der Waals surface area contributed by atoms with Gasteiger partial charge in [0.15, 0.2) is 11.5 Å². The van der Waals surface area contributed by atoms with E-state index in [4.69, 9.17) is 14.5 Å². The minimum atomic E-state index is -0.209. The fourth-order valence-electron chi connectivity index (χ4n) is 4.58. The number of hydrogen-bond donors (Lipinski definition) is 1. The second-order valence-corrected chi connectivity index (χ2v) is 8.99. The molecule has 1 fully saturated rings. The number of ether oxygens (including phenoxy) is 2. The molecular formula is C28H26N6O3. The molecule has 0 bridgehead atoms. The minimum Gasteiger partial charge on any atom is -0.454 e. The molecule has 2 aliphatic rings. The summed E-state index contributed by atoms with van der Waals surface area (Å²) in [7, 11) is 0. The normalized spacial score (nSPS) is 14.9. The first-order valence-corrected chi connectivity index (χ1v) is 12.2. The monoisotopic (exact) mass is 494 g/mol. The van der Waals surface area contributed by atoms with Crippen molar-refractivity contribution in [3.8, 4) is 11.5 Å². The van der Waals surface area contributed by atoms with Crippen LogP contribution in [-0.2, 0) is 4.79 Å². The first kappa shape index (κ1) is 22.8. The zero-order valence-electron chi connectivity index (χ0n) is 20.4. The van der Waals surface area contributed by atoms with E-state index in [-0.39, 0.29) is 12.7 Å². The predicted octanol–water partition coefficient (Wildman–Crippen LogP) is 4.04. The van der Waals surface area contributed by atoms with Gasteiger partial charge in [0.05, 0.1) is 5.52 Å². The first-order valence-electron chi connectivity index (χ1n) is 12.2. The Labute approximate surface area is 214 Å². The lowest BCUT2D eigenvalue weighted by Crippen LogP contribution is -2.47. The fraction of sp³-hybridized carbons (Fsp3) is 0.214. The average molecular weight is 495 g/mol. The second kappa shape index (κ2) is 9.77. The molecule has 0 unspecified atom stereocenters. The molecule has 0 radical (unpaired) electrons. The number of anilines is 3. The lowest BCUT2D eigenvalue weighted by Gasteiger charge is -2.35. The summed E-state index contributed by atoms with van der Waals surface area (Å²) in [6.07, 6.45) is 6.81. The van der Waals surface area contributed by atoms with Crippen LogP contribution in [-0.4, -0.2) is 53.8 Å². The van der Waals surface area contributed by atoms with E-state index in [0.29, 0.717) is 11.5 Å². The number of benzene rings is 2. The third-order valence-electron chi connectivity index (χ3n) is 6.53. The summed E-state index contributed by atoms with van der Waals surface area (Å²) in [5, 5.41) is 3.96. The van der Waals surface area contributed by atoms with Crippen LogP contribution in [0.5, 0.6) is 11.5 Å². The number of fused-ring (bicyclic) bond motifs is 2. The van der Waals surface area contributed by atoms with Crippen molar-refractivity contribution in [1.29, 1.82) is 0 Å². The van der Waals surface area contributed by atoms with Crippen LogP contribution in [0.3, 0.4) is 0 Å². The van der Waals surface area contributed by atoms with E-state index in [9.17, 15) is 4.79 Å². The Morgan fingerprint density at radius 3 is 2.57 bits per heavy atom. The maximum absolute atomic E-state index is 12.5. The molecule has 9 nitrogen and oxygen atoms in total. The van der Waals surface area contributed by atoms with Crippen LogP contribution in [0, 0.1) is 6.92 Å². The summed E-state index contributed by atoms with van der Waals surface area (Å²) in [6, 6.07) is 15.3. The van der Waals surface area contributed by atoms with Crippen LogP contribution in [0.1, 0.15) is 11.1 Å². The van der Waals surface area contributed by atoms with E-state index >= 15 is 0 Å². The summed E-state index contributed by atoms with van der Waals surface area (Å²) >= 11 is 0. The Bertz CT molecular complexity index is 1480. The number of nitrogens with one attached hydrogen (secondary N) is 1. The lowest BCUT2D eigenvalue weighted by molar-refractivity contribution is -0.111. The lowest BCUT2D eigenvalue weighted by atomic mass is 10.1. The number of piperazine rings is 1. The minimum absolute atomic E-state index is 0.209. The molecule has 0 atom stereocenters. The molecule has 0 aliphatic carbocycles. The SMILES string of the molecule is Cc1cc(N2CCN(c3ncccn3)CC2)nc2ccc(NC(=O)/C=C/c3ccc4c(c3)OCO4)cc12. The van der Waals surface area contributed by atoms with Crippen LogP contribution < -0.4 is 24.6 Å². The van der Waals surface area contributed by atoms with Gasteiger partial charge in [0.1, 0.15) is 5.82 Å². The zero-order valence-corrected chi connectivity index (χ0v) is 20.4. The van der Waals surface area contributed by atoms with Gasteiger partial charge in [-0.25, -0.2) is 15.0 Å². The van der Waals surface area contributed by atoms with Crippen LogP contribution in [0.25, 0.3) is 17.0 Å². The van der Waals surface area contributed by atoms with Crippen molar-refractivity contribution in [2.24, 2.45) is 0 Å². The summed E-state index contributed by atoms with van der Waals surface area (Å²) in [5.74, 6) is 2.92. The molecule has 37 heavy (non-hydrogen) atoms. The Balaban J connectivity index is 1.12. The largest absolute Gasteiger partial charge is 0.454 e. The molecule has 1 amide bonds. The van der Waals surface area contributed by atoms with Gasteiger partial charge in [-0.3, -0.25) is 4.79 Å². The Morgan fingerprint density at radius 1 is 0.946 bits per heavy atom. The standard InChI is InChI=1S/C28H26N6O3/c1-19-15-26(33-11-13-34(14-12-33)28-29-9-2-10-30-28)32-23-6-5-21(17-22(19)23)31-27(35)8-4-20-3-7-24-25(16-20)37-18-36-24/h2-10,15-17H,11-14,18H2,1H3,(H,31,35)/b8-4+. The van der Waals surface area contributed by atoms with E-state index in [1.165, 1.54) is 6.08 Å². The number of aryl methyl sites for hydroxylation is 1. The number of carbonyl (C=O) groups is 1. The highest BCUT2D eigenvalue weighted by Gasteiger charge is 2.20. The summed E-state index contributed by atoms with van der Waals surface area (Å²) in [4.78, 5) is 30.7. The van der Waals surface area contributed by atoms with Gasteiger partial charge in [-0.05, 0) is 66.6 Å². The van der Waals surface area contributed by atoms with Gasteiger partial charge in [0, 0.05) is 55.7 Å². The summed E-state index contributed by atoms with van der Waals surface area (Å²) < 4.78 is 10.7. The van der Waals surface area contributed by atoms with Crippen molar-refractivity contribution < 1.29 is 14.3 Å². The molecule has 0 saturated carbocycles. The van der Waals surface area contributed by atoms with Crippen molar-refractivity contribution in [3.05, 3.63) is 78.1 Å². The molecule has 1 saturated heterocycles. The van der Waals surface area contributed by atoms with E-state index in [2.05, 4.69) is 38.1 Å². The Hall–Kier alpha value is -4.66. The summed E-state index contributed by atoms with van der Waals surface area (Å²) in [5.41, 5.74) is 3.60. The molecule has 2 aliphatic heterocycles. The molecule has 1 N–H and O–H groups in total. The van der Waals surface area contributed by atoms with E-state index in [1.54, 1.807) is 18.5 Å². The maximum Gasteiger partial charge on any atom is 0.248 e. The molecule has 2 aromatic carbocycles. The number of amides is 1. The van der Waals surface area contributed by atoms with E-state index in [0.717, 1.165) is 65.7 Å². The number of pyridine rings is 1. The highest BCUT2D eigenvalue weighted by Crippen LogP contribution is 2.33. The smallest absolute Gasteiger partial charge is 0.248 e. The first-order chi connectivity index (χ1) is 18.1. The highest BCUT2D eigenvalue weighted by atomic mass is 16.7.